The Balaban J connectivity index is 0.000000562. The van der Waals surface area contributed by atoms with Gasteiger partial charge in [0.25, 0.3) is 0 Å². The first kappa shape index (κ1) is 21.4. The number of hydrogen-bond acceptors (Lipinski definition) is 3. The zero-order valence-electron chi connectivity index (χ0n) is 11.5. The van der Waals surface area contributed by atoms with Crippen LogP contribution in [0.1, 0.15) is 34.1 Å². The van der Waals surface area contributed by atoms with E-state index in [0.29, 0.717) is 24.9 Å². The van der Waals surface area contributed by atoms with E-state index in [1.54, 1.807) is 0 Å². The zero-order chi connectivity index (χ0) is 15.1. The van der Waals surface area contributed by atoms with Gasteiger partial charge in [0.05, 0.1) is 27.8 Å². The van der Waals surface area contributed by atoms with Crippen molar-refractivity contribution >= 4 is 47.8 Å². The third-order valence-corrected chi connectivity index (χ3v) is 4.35. The molecule has 0 saturated carbocycles. The minimum absolute atomic E-state index is 0. The lowest BCUT2D eigenvalue weighted by molar-refractivity contribution is 0.103. The Morgan fingerprint density at radius 3 is 2.14 bits per heavy atom. The molecule has 0 amide bonds. The lowest BCUT2D eigenvalue weighted by Crippen LogP contribution is -2.16. The highest BCUT2D eigenvalue weighted by Gasteiger charge is 2.18. The first-order valence-electron chi connectivity index (χ1n) is 6.54. The summed E-state index contributed by atoms with van der Waals surface area (Å²) >= 11 is 10.2. The first-order valence-corrected chi connectivity index (χ1v) is 8.92. The lowest BCUT2D eigenvalue weighted by Gasteiger charge is -2.13. The van der Waals surface area contributed by atoms with Gasteiger partial charge >= 0.3 is 0 Å². The zero-order valence-corrected chi connectivity index (χ0v) is 16.3. The van der Waals surface area contributed by atoms with Gasteiger partial charge < -0.3 is 14.6 Å². The summed E-state index contributed by atoms with van der Waals surface area (Å²) < 4.78 is 13.0. The Labute approximate surface area is 152 Å². The van der Waals surface area contributed by atoms with Crippen LogP contribution in [0.15, 0.2) is 25.6 Å². The van der Waals surface area contributed by atoms with Crippen LogP contribution in [0.3, 0.4) is 0 Å². The summed E-state index contributed by atoms with van der Waals surface area (Å²) in [7, 11) is 0. The molecule has 0 bridgehead atoms. The van der Waals surface area contributed by atoms with Crippen LogP contribution in [0.5, 0.6) is 5.75 Å². The van der Waals surface area contributed by atoms with E-state index in [9.17, 15) is 5.11 Å². The van der Waals surface area contributed by atoms with E-state index < -0.39 is 6.10 Å². The van der Waals surface area contributed by atoms with Crippen molar-refractivity contribution in [3.8, 4) is 5.75 Å². The topological polar surface area (TPSA) is 42.0 Å². The van der Waals surface area contributed by atoms with Gasteiger partial charge in [-0.25, -0.2) is 0 Å². The average Bonchev–Trinajstić information content (AvgIpc) is 3.21. The Morgan fingerprint density at radius 2 is 1.81 bits per heavy atom. The summed E-state index contributed by atoms with van der Waals surface area (Å²) in [6.45, 7) is 5.36. The molecule has 2 atom stereocenters. The molecule has 0 radical (unpaired) electrons. The van der Waals surface area contributed by atoms with Gasteiger partial charge in [-0.2, -0.15) is 0 Å². The van der Waals surface area contributed by atoms with Crippen LogP contribution in [0.25, 0.3) is 0 Å². The Kier molecular flexibility index (Phi) is 11.2. The van der Waals surface area contributed by atoms with E-state index >= 15 is 0 Å². The Hall–Kier alpha value is 0.380. The smallest absolute Gasteiger partial charge is 0.147 e. The van der Waals surface area contributed by atoms with Crippen molar-refractivity contribution in [1.29, 1.82) is 0 Å². The molecule has 122 valence electrons. The normalized spacial score (nSPS) is 17.1. The molecule has 0 spiro atoms. The highest BCUT2D eigenvalue weighted by atomic mass is 79.9. The number of benzene rings is 1. The molecular weight excluding hydrogens is 468 g/mol. The number of ether oxygens (including phenoxy) is 2. The summed E-state index contributed by atoms with van der Waals surface area (Å²) in [5.74, 6) is 0.714. The standard InChI is InChI=1S/C10H11Br3O2.C4H8O.CH4/c1-2-7(14)5-15-10-8(12)3-6(11)4-9(10)13;1-2-4-3-5-4;/h3-4,7,14H,2,5H2,1H3;4H,2-3H2,1H3;1H4. The summed E-state index contributed by atoms with van der Waals surface area (Å²) in [4.78, 5) is 0. The second kappa shape index (κ2) is 11.0. The number of hydrogen-bond donors (Lipinski definition) is 1. The van der Waals surface area contributed by atoms with Crippen molar-refractivity contribution in [2.75, 3.05) is 13.2 Å². The Morgan fingerprint density at radius 1 is 1.29 bits per heavy atom. The van der Waals surface area contributed by atoms with Gasteiger partial charge in [-0.15, -0.1) is 0 Å². The van der Waals surface area contributed by atoms with Crippen molar-refractivity contribution in [2.24, 2.45) is 0 Å². The second-order valence-electron chi connectivity index (χ2n) is 4.44. The molecule has 1 aromatic rings. The van der Waals surface area contributed by atoms with Crippen molar-refractivity contribution in [3.05, 3.63) is 25.6 Å². The van der Waals surface area contributed by atoms with E-state index in [4.69, 9.17) is 9.47 Å². The minimum atomic E-state index is -0.424. The van der Waals surface area contributed by atoms with Gasteiger partial charge in [0.2, 0.25) is 0 Å². The van der Waals surface area contributed by atoms with Crippen LogP contribution in [0.4, 0.5) is 0 Å². The van der Waals surface area contributed by atoms with Crippen LogP contribution < -0.4 is 4.74 Å². The molecule has 3 nitrogen and oxygen atoms in total. The Bertz CT molecular complexity index is 400. The number of rotatable bonds is 5. The molecule has 1 aromatic carbocycles. The first-order chi connectivity index (χ1) is 9.47. The van der Waals surface area contributed by atoms with Crippen LogP contribution >= 0.6 is 47.8 Å². The molecule has 21 heavy (non-hydrogen) atoms. The molecule has 2 unspecified atom stereocenters. The second-order valence-corrected chi connectivity index (χ2v) is 7.06. The lowest BCUT2D eigenvalue weighted by atomic mass is 10.3. The minimum Gasteiger partial charge on any atom is -0.489 e. The molecular formula is C15H23Br3O3. The number of epoxide rings is 1. The van der Waals surface area contributed by atoms with E-state index in [0.717, 1.165) is 20.0 Å². The third kappa shape index (κ3) is 8.55. The maximum Gasteiger partial charge on any atom is 0.147 e. The summed E-state index contributed by atoms with van der Waals surface area (Å²) in [5, 5.41) is 9.39. The fourth-order valence-corrected chi connectivity index (χ4v) is 3.76. The maximum atomic E-state index is 9.39. The highest BCUT2D eigenvalue weighted by Crippen LogP contribution is 2.36. The van der Waals surface area contributed by atoms with Crippen LogP contribution in [-0.2, 0) is 4.74 Å². The van der Waals surface area contributed by atoms with Gasteiger partial charge in [-0.1, -0.05) is 37.2 Å². The fraction of sp³-hybridized carbons (Fsp3) is 0.600. The van der Waals surface area contributed by atoms with Gasteiger partial charge in [-0.3, -0.25) is 0 Å². The molecule has 1 aliphatic rings. The van der Waals surface area contributed by atoms with Gasteiger partial charge in [0.1, 0.15) is 12.4 Å². The summed E-state index contributed by atoms with van der Waals surface area (Å²) in [6, 6.07) is 3.80. The van der Waals surface area contributed by atoms with Gasteiger partial charge in [0, 0.05) is 4.47 Å². The van der Waals surface area contributed by atoms with Crippen molar-refractivity contribution in [3.63, 3.8) is 0 Å². The van der Waals surface area contributed by atoms with E-state index in [1.165, 1.54) is 6.42 Å². The quantitative estimate of drug-likeness (QED) is 0.550. The van der Waals surface area contributed by atoms with Crippen molar-refractivity contribution < 1.29 is 14.6 Å². The fourth-order valence-electron chi connectivity index (χ4n) is 1.27. The molecule has 1 fully saturated rings. The monoisotopic (exact) mass is 488 g/mol. The predicted octanol–water partition coefficient (Wildman–Crippen LogP) is 5.56. The highest BCUT2D eigenvalue weighted by molar-refractivity contribution is 9.11. The van der Waals surface area contributed by atoms with Crippen molar-refractivity contribution in [1.82, 2.24) is 0 Å². The molecule has 1 saturated heterocycles. The van der Waals surface area contributed by atoms with E-state index in [2.05, 4.69) is 54.7 Å². The summed E-state index contributed by atoms with van der Waals surface area (Å²) in [5.41, 5.74) is 0. The molecule has 0 aromatic heterocycles. The predicted molar refractivity (Wildman–Crippen MR) is 98.1 cm³/mol. The maximum absolute atomic E-state index is 9.39. The molecule has 0 aliphatic carbocycles. The SMILES string of the molecule is C.CCC(O)COc1c(Br)cc(Br)cc1Br.CCC1CO1. The van der Waals surface area contributed by atoms with Gasteiger partial charge in [-0.05, 0) is 56.8 Å². The third-order valence-electron chi connectivity index (χ3n) is 2.71. The molecule has 1 aliphatic heterocycles. The van der Waals surface area contributed by atoms with Crippen LogP contribution in [-0.4, -0.2) is 30.5 Å². The van der Waals surface area contributed by atoms with E-state index in [1.807, 2.05) is 19.1 Å². The molecule has 1 N–H and O–H groups in total. The summed E-state index contributed by atoms with van der Waals surface area (Å²) in [6.07, 6.45) is 2.09. The average molecular weight is 491 g/mol. The number of aliphatic hydroxyl groups excluding tert-OH is 1. The van der Waals surface area contributed by atoms with Gasteiger partial charge in [0.15, 0.2) is 0 Å². The number of halogens is 3. The van der Waals surface area contributed by atoms with Crippen LogP contribution in [0, 0.1) is 0 Å². The largest absolute Gasteiger partial charge is 0.489 e. The van der Waals surface area contributed by atoms with Crippen LogP contribution in [0.2, 0.25) is 0 Å². The number of aliphatic hydroxyl groups is 1. The van der Waals surface area contributed by atoms with Crippen molar-refractivity contribution in [2.45, 2.75) is 46.3 Å². The molecule has 1 heterocycles. The molecule has 6 heteroatoms. The molecule has 2 rings (SSSR count). The van der Waals surface area contributed by atoms with E-state index in [-0.39, 0.29) is 7.43 Å².